The van der Waals surface area contributed by atoms with Gasteiger partial charge in [-0.25, -0.2) is 4.79 Å². The predicted molar refractivity (Wildman–Crippen MR) is 89.8 cm³/mol. The molecule has 0 aromatic heterocycles. The summed E-state index contributed by atoms with van der Waals surface area (Å²) >= 11 is 0. The number of carbonyl (C=O) groups excluding carboxylic acids is 3. The van der Waals surface area contributed by atoms with Crippen LogP contribution in [0.2, 0.25) is 0 Å². The van der Waals surface area contributed by atoms with Crippen molar-refractivity contribution in [1.29, 1.82) is 0 Å². The lowest BCUT2D eigenvalue weighted by Gasteiger charge is -2.10. The maximum absolute atomic E-state index is 12.0. The van der Waals surface area contributed by atoms with Crippen molar-refractivity contribution in [3.05, 3.63) is 54.1 Å². The Morgan fingerprint density at radius 3 is 1.83 bits per heavy atom. The molecule has 0 saturated carbocycles. The first-order chi connectivity index (χ1) is 10.9. The van der Waals surface area contributed by atoms with Gasteiger partial charge in [0, 0.05) is 29.5 Å². The number of urea groups is 1. The van der Waals surface area contributed by atoms with E-state index < -0.39 is 6.03 Å². The molecule has 2 aromatic carbocycles. The molecule has 23 heavy (non-hydrogen) atoms. The molecule has 0 unspecified atom stereocenters. The summed E-state index contributed by atoms with van der Waals surface area (Å²) in [6, 6.07) is 13.0. The van der Waals surface area contributed by atoms with Crippen LogP contribution in [-0.2, 0) is 4.79 Å². The number of hydrogen-bond acceptors (Lipinski definition) is 3. The van der Waals surface area contributed by atoms with E-state index in [9.17, 15) is 14.4 Å². The zero-order chi connectivity index (χ0) is 16.8. The fraction of sp³-hybridized carbons (Fsp3) is 0.118. The molecule has 118 valence electrons. The van der Waals surface area contributed by atoms with E-state index in [1.807, 2.05) is 0 Å². The number of ketones is 1. The number of Topliss-reactive ketones (excluding diaryl/α,β-unsaturated/α-hetero) is 1. The van der Waals surface area contributed by atoms with E-state index in [-0.39, 0.29) is 11.7 Å². The summed E-state index contributed by atoms with van der Waals surface area (Å²) in [6.45, 7) is 2.88. The molecule has 0 bridgehead atoms. The molecule has 3 N–H and O–H groups in total. The Morgan fingerprint density at radius 1 is 0.739 bits per heavy atom. The second kappa shape index (κ2) is 7.22. The Kier molecular flexibility index (Phi) is 5.09. The van der Waals surface area contributed by atoms with Gasteiger partial charge >= 0.3 is 6.03 Å². The van der Waals surface area contributed by atoms with Crippen LogP contribution in [0.15, 0.2) is 48.5 Å². The van der Waals surface area contributed by atoms with Crippen LogP contribution in [0.1, 0.15) is 24.2 Å². The lowest BCUT2D eigenvalue weighted by Crippen LogP contribution is -2.19. The topological polar surface area (TPSA) is 87.3 Å². The monoisotopic (exact) mass is 311 g/mol. The molecule has 0 aliphatic heterocycles. The molecular weight excluding hydrogens is 294 g/mol. The van der Waals surface area contributed by atoms with Gasteiger partial charge in [0.05, 0.1) is 0 Å². The Morgan fingerprint density at radius 2 is 1.26 bits per heavy atom. The third-order valence-electron chi connectivity index (χ3n) is 2.97. The molecule has 0 saturated heterocycles. The van der Waals surface area contributed by atoms with Gasteiger partial charge in [-0.15, -0.1) is 0 Å². The van der Waals surface area contributed by atoms with E-state index in [0.29, 0.717) is 22.6 Å². The van der Waals surface area contributed by atoms with Crippen molar-refractivity contribution >= 4 is 34.8 Å². The Bertz CT molecular complexity index is 756. The first-order valence-corrected chi connectivity index (χ1v) is 7.01. The van der Waals surface area contributed by atoms with Crippen LogP contribution in [-0.4, -0.2) is 17.7 Å². The van der Waals surface area contributed by atoms with Crippen LogP contribution in [0.4, 0.5) is 21.9 Å². The first kappa shape index (κ1) is 16.2. The van der Waals surface area contributed by atoms with Crippen LogP contribution in [0.5, 0.6) is 0 Å². The minimum Gasteiger partial charge on any atom is -0.326 e. The van der Waals surface area contributed by atoms with Crippen molar-refractivity contribution in [2.24, 2.45) is 0 Å². The molecule has 0 spiro atoms. The zero-order valence-electron chi connectivity index (χ0n) is 12.8. The largest absolute Gasteiger partial charge is 0.326 e. The Labute approximate surface area is 133 Å². The van der Waals surface area contributed by atoms with Gasteiger partial charge in [-0.05, 0) is 37.3 Å². The highest BCUT2D eigenvalue weighted by Gasteiger charge is 2.06. The lowest BCUT2D eigenvalue weighted by molar-refractivity contribution is -0.114. The molecule has 6 heteroatoms. The van der Waals surface area contributed by atoms with Gasteiger partial charge in [0.25, 0.3) is 0 Å². The number of amides is 3. The number of carbonyl (C=O) groups is 3. The number of anilines is 3. The van der Waals surface area contributed by atoms with Gasteiger partial charge in [0.15, 0.2) is 5.78 Å². The third-order valence-corrected chi connectivity index (χ3v) is 2.97. The van der Waals surface area contributed by atoms with Crippen LogP contribution < -0.4 is 16.0 Å². The fourth-order valence-corrected chi connectivity index (χ4v) is 1.99. The molecule has 6 nitrogen and oxygen atoms in total. The van der Waals surface area contributed by atoms with Gasteiger partial charge in [0.1, 0.15) is 0 Å². The number of benzene rings is 2. The van der Waals surface area contributed by atoms with Crippen LogP contribution in [0, 0.1) is 0 Å². The quantitative estimate of drug-likeness (QED) is 0.755. The number of rotatable bonds is 4. The van der Waals surface area contributed by atoms with Crippen molar-refractivity contribution in [1.82, 2.24) is 0 Å². The molecule has 0 radical (unpaired) electrons. The van der Waals surface area contributed by atoms with Crippen molar-refractivity contribution in [3.8, 4) is 0 Å². The van der Waals surface area contributed by atoms with Gasteiger partial charge in [-0.1, -0.05) is 18.2 Å². The molecule has 0 aliphatic carbocycles. The van der Waals surface area contributed by atoms with Crippen molar-refractivity contribution < 1.29 is 14.4 Å². The summed E-state index contributed by atoms with van der Waals surface area (Å²) in [5.74, 6) is -0.260. The van der Waals surface area contributed by atoms with Crippen molar-refractivity contribution in [3.63, 3.8) is 0 Å². The summed E-state index contributed by atoms with van der Waals surface area (Å²) in [5, 5.41) is 7.96. The SMILES string of the molecule is CC(=O)Nc1cccc(NC(=O)Nc2cccc(C(C)=O)c2)c1. The lowest BCUT2D eigenvalue weighted by atomic mass is 10.1. The molecule has 0 heterocycles. The number of nitrogens with one attached hydrogen (secondary N) is 3. The maximum atomic E-state index is 12.0. The highest BCUT2D eigenvalue weighted by molar-refractivity contribution is 6.01. The van der Waals surface area contributed by atoms with E-state index in [1.165, 1.54) is 13.8 Å². The van der Waals surface area contributed by atoms with E-state index in [4.69, 9.17) is 0 Å². The summed E-state index contributed by atoms with van der Waals surface area (Å²) in [7, 11) is 0. The molecule has 2 rings (SSSR count). The van der Waals surface area contributed by atoms with E-state index in [2.05, 4.69) is 16.0 Å². The smallest absolute Gasteiger partial charge is 0.323 e. The third kappa shape index (κ3) is 4.96. The molecule has 2 aromatic rings. The molecule has 0 atom stereocenters. The fourth-order valence-electron chi connectivity index (χ4n) is 1.99. The normalized spacial score (nSPS) is 9.83. The van der Waals surface area contributed by atoms with E-state index >= 15 is 0 Å². The van der Waals surface area contributed by atoms with Gasteiger partial charge in [0.2, 0.25) is 5.91 Å². The standard InChI is InChI=1S/C17H17N3O3/c1-11(21)13-5-3-6-14(9-13)19-17(23)20-16-8-4-7-15(10-16)18-12(2)22/h3-10H,1-2H3,(H,18,22)(H2,19,20,23). The average molecular weight is 311 g/mol. The summed E-state index contributed by atoms with van der Waals surface area (Å²) in [5.41, 5.74) is 2.18. The maximum Gasteiger partial charge on any atom is 0.323 e. The zero-order valence-corrected chi connectivity index (χ0v) is 12.8. The van der Waals surface area contributed by atoms with Crippen LogP contribution >= 0.6 is 0 Å². The predicted octanol–water partition coefficient (Wildman–Crippen LogP) is 3.49. The summed E-state index contributed by atoms with van der Waals surface area (Å²) in [4.78, 5) is 34.4. The minimum absolute atomic E-state index is 0.0722. The number of hydrogen-bond donors (Lipinski definition) is 3. The second-order valence-corrected chi connectivity index (χ2v) is 4.98. The highest BCUT2D eigenvalue weighted by Crippen LogP contribution is 2.16. The Hall–Kier alpha value is -3.15. The molecular formula is C17H17N3O3. The van der Waals surface area contributed by atoms with Crippen LogP contribution in [0.25, 0.3) is 0 Å². The minimum atomic E-state index is -0.439. The molecule has 3 amide bonds. The van der Waals surface area contributed by atoms with Crippen molar-refractivity contribution in [2.75, 3.05) is 16.0 Å². The van der Waals surface area contributed by atoms with Gasteiger partial charge in [-0.2, -0.15) is 0 Å². The van der Waals surface area contributed by atoms with Gasteiger partial charge in [-0.3, -0.25) is 9.59 Å². The highest BCUT2D eigenvalue weighted by atomic mass is 16.2. The average Bonchev–Trinajstić information content (AvgIpc) is 2.47. The van der Waals surface area contributed by atoms with E-state index in [0.717, 1.165) is 0 Å². The molecule has 0 fully saturated rings. The van der Waals surface area contributed by atoms with Crippen LogP contribution in [0.3, 0.4) is 0 Å². The van der Waals surface area contributed by atoms with E-state index in [1.54, 1.807) is 48.5 Å². The van der Waals surface area contributed by atoms with Crippen molar-refractivity contribution in [2.45, 2.75) is 13.8 Å². The molecule has 0 aliphatic rings. The van der Waals surface area contributed by atoms with Gasteiger partial charge < -0.3 is 16.0 Å². The summed E-state index contributed by atoms with van der Waals surface area (Å²) < 4.78 is 0. The second-order valence-electron chi connectivity index (χ2n) is 4.98. The Balaban J connectivity index is 2.03. The summed E-state index contributed by atoms with van der Waals surface area (Å²) in [6.07, 6.45) is 0. The first-order valence-electron chi connectivity index (χ1n) is 7.01.